The molecule has 1 saturated carbocycles. The maximum absolute atomic E-state index is 3.75. The fourth-order valence-electron chi connectivity index (χ4n) is 3.97. The van der Waals surface area contributed by atoms with Crippen LogP contribution in [0, 0.1) is 11.8 Å². The Morgan fingerprint density at radius 2 is 1.86 bits per heavy atom. The summed E-state index contributed by atoms with van der Waals surface area (Å²) in [5.41, 5.74) is 1.47. The van der Waals surface area contributed by atoms with Crippen molar-refractivity contribution in [3.8, 4) is 0 Å². The summed E-state index contributed by atoms with van der Waals surface area (Å²) < 4.78 is 0. The van der Waals surface area contributed by atoms with E-state index < -0.39 is 0 Å². The third kappa shape index (κ3) is 3.13. The number of fused-ring (bicyclic) bond motifs is 1. The largest absolute Gasteiger partial charge is 0.310 e. The normalized spacial score (nSPS) is 23.5. The van der Waals surface area contributed by atoms with Crippen LogP contribution in [0.2, 0.25) is 0 Å². The lowest BCUT2D eigenvalue weighted by Gasteiger charge is -2.25. The summed E-state index contributed by atoms with van der Waals surface area (Å²) >= 11 is 0. The van der Waals surface area contributed by atoms with E-state index in [-0.39, 0.29) is 0 Å². The quantitative estimate of drug-likeness (QED) is 0.782. The molecule has 3 atom stereocenters. The van der Waals surface area contributed by atoms with Gasteiger partial charge in [-0.3, -0.25) is 0 Å². The SMILES string of the molecule is CCNC(c1ccc2ccccc2c1)C1CCC(CC)C1. The van der Waals surface area contributed by atoms with E-state index in [1.54, 1.807) is 0 Å². The van der Waals surface area contributed by atoms with Crippen molar-refractivity contribution in [2.75, 3.05) is 6.54 Å². The molecule has 1 nitrogen and oxygen atoms in total. The Bertz CT molecular complexity index is 589. The van der Waals surface area contributed by atoms with Crippen molar-refractivity contribution in [2.45, 2.75) is 45.6 Å². The van der Waals surface area contributed by atoms with Crippen LogP contribution in [0.4, 0.5) is 0 Å². The Balaban J connectivity index is 1.88. The predicted molar refractivity (Wildman–Crippen MR) is 91.5 cm³/mol. The molecule has 1 fully saturated rings. The summed E-state index contributed by atoms with van der Waals surface area (Å²) in [6.07, 6.45) is 5.52. The van der Waals surface area contributed by atoms with Crippen LogP contribution in [0.25, 0.3) is 10.8 Å². The van der Waals surface area contributed by atoms with Crippen LogP contribution in [0.1, 0.15) is 51.1 Å². The second kappa shape index (κ2) is 6.62. The summed E-state index contributed by atoms with van der Waals surface area (Å²) in [7, 11) is 0. The van der Waals surface area contributed by atoms with Crippen molar-refractivity contribution in [1.29, 1.82) is 0 Å². The van der Waals surface area contributed by atoms with E-state index >= 15 is 0 Å². The maximum Gasteiger partial charge on any atom is 0.0348 e. The summed E-state index contributed by atoms with van der Waals surface area (Å²) in [5, 5.41) is 6.46. The topological polar surface area (TPSA) is 12.0 Å². The summed E-state index contributed by atoms with van der Waals surface area (Å²) in [5.74, 6) is 1.74. The smallest absolute Gasteiger partial charge is 0.0348 e. The van der Waals surface area contributed by atoms with Gasteiger partial charge >= 0.3 is 0 Å². The molecule has 1 heteroatoms. The molecule has 3 rings (SSSR count). The summed E-state index contributed by atoms with van der Waals surface area (Å²) in [4.78, 5) is 0. The lowest BCUT2D eigenvalue weighted by molar-refractivity contribution is 0.359. The Labute approximate surface area is 128 Å². The minimum atomic E-state index is 0.524. The van der Waals surface area contributed by atoms with Gasteiger partial charge in [0.1, 0.15) is 0 Å². The molecular formula is C20H27N. The minimum Gasteiger partial charge on any atom is -0.310 e. The standard InChI is InChI=1S/C20H27N/c1-3-15-9-10-18(13-15)20(21-4-2)19-12-11-16-7-5-6-8-17(16)14-19/h5-8,11-12,14-15,18,20-21H,3-4,9-10,13H2,1-2H3. The third-order valence-corrected chi connectivity index (χ3v) is 5.19. The average molecular weight is 281 g/mol. The van der Waals surface area contributed by atoms with Gasteiger partial charge in [-0.05, 0) is 53.6 Å². The molecule has 0 aliphatic heterocycles. The molecule has 1 aliphatic rings. The fraction of sp³-hybridized carbons (Fsp3) is 0.500. The predicted octanol–water partition coefficient (Wildman–Crippen LogP) is 5.32. The van der Waals surface area contributed by atoms with E-state index in [1.165, 1.54) is 42.0 Å². The summed E-state index contributed by atoms with van der Waals surface area (Å²) in [6, 6.07) is 16.2. The zero-order valence-corrected chi connectivity index (χ0v) is 13.3. The lowest BCUT2D eigenvalue weighted by Crippen LogP contribution is -2.27. The first kappa shape index (κ1) is 14.6. The molecule has 21 heavy (non-hydrogen) atoms. The van der Waals surface area contributed by atoms with Crippen LogP contribution in [-0.4, -0.2) is 6.54 Å². The molecule has 0 heterocycles. The summed E-state index contributed by atoms with van der Waals surface area (Å²) in [6.45, 7) is 5.61. The maximum atomic E-state index is 3.75. The zero-order valence-electron chi connectivity index (χ0n) is 13.3. The van der Waals surface area contributed by atoms with Gasteiger partial charge in [0.05, 0.1) is 0 Å². The molecule has 0 aromatic heterocycles. The van der Waals surface area contributed by atoms with Gasteiger partial charge in [-0.2, -0.15) is 0 Å². The van der Waals surface area contributed by atoms with Crippen molar-refractivity contribution in [3.05, 3.63) is 48.0 Å². The molecule has 2 aromatic rings. The molecule has 0 amide bonds. The average Bonchev–Trinajstić information content (AvgIpc) is 3.01. The Morgan fingerprint density at radius 1 is 1.05 bits per heavy atom. The molecule has 0 radical (unpaired) electrons. The minimum absolute atomic E-state index is 0.524. The van der Waals surface area contributed by atoms with Crippen LogP contribution < -0.4 is 5.32 Å². The van der Waals surface area contributed by atoms with Gasteiger partial charge in [-0.1, -0.05) is 63.1 Å². The van der Waals surface area contributed by atoms with Crippen LogP contribution in [-0.2, 0) is 0 Å². The highest BCUT2D eigenvalue weighted by atomic mass is 14.9. The molecular weight excluding hydrogens is 254 g/mol. The molecule has 0 spiro atoms. The highest BCUT2D eigenvalue weighted by molar-refractivity contribution is 5.83. The number of benzene rings is 2. The first-order valence-corrected chi connectivity index (χ1v) is 8.54. The first-order valence-electron chi connectivity index (χ1n) is 8.54. The second-order valence-corrected chi connectivity index (χ2v) is 6.49. The molecule has 112 valence electrons. The van der Waals surface area contributed by atoms with Gasteiger partial charge in [0.25, 0.3) is 0 Å². The van der Waals surface area contributed by atoms with Gasteiger partial charge in [0, 0.05) is 6.04 Å². The van der Waals surface area contributed by atoms with Gasteiger partial charge in [0.2, 0.25) is 0 Å². The zero-order chi connectivity index (χ0) is 14.7. The van der Waals surface area contributed by atoms with Crippen molar-refractivity contribution < 1.29 is 0 Å². The third-order valence-electron chi connectivity index (χ3n) is 5.19. The van der Waals surface area contributed by atoms with Crippen LogP contribution >= 0.6 is 0 Å². The fourth-order valence-corrected chi connectivity index (χ4v) is 3.97. The van der Waals surface area contributed by atoms with Gasteiger partial charge in [-0.15, -0.1) is 0 Å². The molecule has 2 aromatic carbocycles. The van der Waals surface area contributed by atoms with E-state index in [2.05, 4.69) is 61.6 Å². The van der Waals surface area contributed by atoms with Crippen molar-refractivity contribution >= 4 is 10.8 Å². The van der Waals surface area contributed by atoms with Crippen LogP contribution in [0.5, 0.6) is 0 Å². The van der Waals surface area contributed by atoms with E-state index in [1.807, 2.05) is 0 Å². The number of hydrogen-bond acceptors (Lipinski definition) is 1. The van der Waals surface area contributed by atoms with Crippen LogP contribution in [0.3, 0.4) is 0 Å². The molecule has 3 unspecified atom stereocenters. The van der Waals surface area contributed by atoms with Crippen molar-refractivity contribution in [2.24, 2.45) is 11.8 Å². The Kier molecular flexibility index (Phi) is 4.60. The van der Waals surface area contributed by atoms with Crippen molar-refractivity contribution in [1.82, 2.24) is 5.32 Å². The van der Waals surface area contributed by atoms with Gasteiger partial charge in [-0.25, -0.2) is 0 Å². The monoisotopic (exact) mass is 281 g/mol. The number of nitrogens with one attached hydrogen (secondary N) is 1. The highest BCUT2D eigenvalue weighted by Crippen LogP contribution is 2.40. The Hall–Kier alpha value is -1.34. The molecule has 0 saturated heterocycles. The molecule has 1 N–H and O–H groups in total. The van der Waals surface area contributed by atoms with Crippen LogP contribution in [0.15, 0.2) is 42.5 Å². The van der Waals surface area contributed by atoms with Gasteiger partial charge < -0.3 is 5.32 Å². The first-order chi connectivity index (χ1) is 10.3. The van der Waals surface area contributed by atoms with Crippen molar-refractivity contribution in [3.63, 3.8) is 0 Å². The molecule has 0 bridgehead atoms. The van der Waals surface area contributed by atoms with E-state index in [4.69, 9.17) is 0 Å². The van der Waals surface area contributed by atoms with E-state index in [0.29, 0.717) is 6.04 Å². The highest BCUT2D eigenvalue weighted by Gasteiger charge is 2.30. The Morgan fingerprint density at radius 3 is 2.57 bits per heavy atom. The number of rotatable bonds is 5. The lowest BCUT2D eigenvalue weighted by atomic mass is 9.89. The second-order valence-electron chi connectivity index (χ2n) is 6.49. The molecule has 1 aliphatic carbocycles. The van der Waals surface area contributed by atoms with E-state index in [0.717, 1.165) is 18.4 Å². The van der Waals surface area contributed by atoms with Gasteiger partial charge in [0.15, 0.2) is 0 Å². The van der Waals surface area contributed by atoms with E-state index in [9.17, 15) is 0 Å². The number of hydrogen-bond donors (Lipinski definition) is 1.